The topological polar surface area (TPSA) is 69.7 Å². The van der Waals surface area contributed by atoms with Gasteiger partial charge in [-0.1, -0.05) is 0 Å². The van der Waals surface area contributed by atoms with Gasteiger partial charge >= 0.3 is 6.16 Å². The lowest BCUT2D eigenvalue weighted by Crippen LogP contribution is -2.20. The number of hydrogen-bond donors (Lipinski definition) is 0. The molecule has 0 aromatic heterocycles. The zero-order valence-corrected chi connectivity index (χ0v) is 6.55. The fraction of sp³-hybridized carbons (Fsp3) is 0.400. The van der Waals surface area contributed by atoms with Crippen molar-refractivity contribution >= 4 is 16.0 Å². The summed E-state index contributed by atoms with van der Waals surface area (Å²) in [6, 6.07) is 0. The molecule has 1 rings (SSSR count). The zero-order valence-electron chi connectivity index (χ0n) is 5.73. The van der Waals surface area contributed by atoms with Gasteiger partial charge in [0.2, 0.25) is 0 Å². The SMILES string of the molecule is CS(=O)(=O)CC=C1OC(=O)O1. The van der Waals surface area contributed by atoms with Crippen LogP contribution in [0.1, 0.15) is 0 Å². The average Bonchev–Trinajstić information content (AvgIpc) is 1.75. The Morgan fingerprint density at radius 1 is 1.45 bits per heavy atom. The van der Waals surface area contributed by atoms with Crippen LogP contribution in [-0.4, -0.2) is 26.6 Å². The first-order valence-corrected chi connectivity index (χ1v) is 4.81. The van der Waals surface area contributed by atoms with E-state index < -0.39 is 16.0 Å². The molecule has 1 aliphatic heterocycles. The fourth-order valence-electron chi connectivity index (χ4n) is 0.475. The Morgan fingerprint density at radius 2 is 2.00 bits per heavy atom. The van der Waals surface area contributed by atoms with E-state index in [1.165, 1.54) is 6.08 Å². The van der Waals surface area contributed by atoms with Gasteiger partial charge in [-0.15, -0.1) is 0 Å². The van der Waals surface area contributed by atoms with Gasteiger partial charge < -0.3 is 9.47 Å². The molecule has 0 radical (unpaired) electrons. The smallest absolute Gasteiger partial charge is 0.360 e. The van der Waals surface area contributed by atoms with Crippen molar-refractivity contribution in [2.75, 3.05) is 12.0 Å². The minimum absolute atomic E-state index is 0.0413. The molecule has 0 aliphatic carbocycles. The lowest BCUT2D eigenvalue weighted by atomic mass is 10.6. The summed E-state index contributed by atoms with van der Waals surface area (Å²) in [4.78, 5) is 10.00. The Bertz CT molecular complexity index is 289. The van der Waals surface area contributed by atoms with Crippen molar-refractivity contribution in [3.05, 3.63) is 12.0 Å². The molecule has 0 amide bonds. The highest BCUT2D eigenvalue weighted by molar-refractivity contribution is 7.90. The van der Waals surface area contributed by atoms with E-state index in [9.17, 15) is 13.2 Å². The normalized spacial score (nSPS) is 16.5. The molecule has 0 aromatic carbocycles. The van der Waals surface area contributed by atoms with Gasteiger partial charge in [-0.2, -0.15) is 0 Å². The lowest BCUT2D eigenvalue weighted by molar-refractivity contribution is -0.0262. The third kappa shape index (κ3) is 2.58. The van der Waals surface area contributed by atoms with Crippen LogP contribution in [0.3, 0.4) is 0 Å². The lowest BCUT2D eigenvalue weighted by Gasteiger charge is -2.14. The number of hydrogen-bond acceptors (Lipinski definition) is 5. The van der Waals surface area contributed by atoms with Crippen molar-refractivity contribution in [1.82, 2.24) is 0 Å². The predicted molar refractivity (Wildman–Crippen MR) is 35.4 cm³/mol. The summed E-state index contributed by atoms with van der Waals surface area (Å²) in [5.74, 6) is -0.226. The van der Waals surface area contributed by atoms with Gasteiger partial charge in [0, 0.05) is 12.3 Å². The molecule has 0 bridgehead atoms. The van der Waals surface area contributed by atoms with Crippen molar-refractivity contribution in [3.8, 4) is 0 Å². The number of rotatable bonds is 2. The summed E-state index contributed by atoms with van der Waals surface area (Å²) in [6.07, 6.45) is 1.46. The van der Waals surface area contributed by atoms with Gasteiger partial charge in [0.25, 0.3) is 5.95 Å². The second-order valence-corrected chi connectivity index (χ2v) is 4.25. The summed E-state index contributed by atoms with van der Waals surface area (Å²) in [6.45, 7) is 0. The van der Waals surface area contributed by atoms with Crippen LogP contribution in [-0.2, 0) is 19.3 Å². The molecule has 62 valence electrons. The highest BCUT2D eigenvalue weighted by Gasteiger charge is 2.23. The van der Waals surface area contributed by atoms with E-state index in [1.54, 1.807) is 0 Å². The van der Waals surface area contributed by atoms with Crippen LogP contribution in [0, 0.1) is 0 Å². The maximum absolute atomic E-state index is 10.5. The molecule has 6 heteroatoms. The van der Waals surface area contributed by atoms with Gasteiger partial charge in [0.1, 0.15) is 0 Å². The monoisotopic (exact) mass is 178 g/mol. The van der Waals surface area contributed by atoms with Crippen LogP contribution in [0.2, 0.25) is 0 Å². The van der Waals surface area contributed by atoms with Crippen LogP contribution in [0.4, 0.5) is 4.79 Å². The first-order valence-electron chi connectivity index (χ1n) is 2.75. The van der Waals surface area contributed by atoms with E-state index in [1.807, 2.05) is 0 Å². The molecule has 0 N–H and O–H groups in total. The fourth-order valence-corrected chi connectivity index (χ4v) is 0.913. The Labute approximate surface area is 63.5 Å². The van der Waals surface area contributed by atoms with Crippen LogP contribution >= 0.6 is 0 Å². The third-order valence-electron chi connectivity index (χ3n) is 0.921. The summed E-state index contributed by atoms with van der Waals surface area (Å²) < 4.78 is 29.6. The largest absolute Gasteiger partial charge is 0.524 e. The maximum atomic E-state index is 10.5. The van der Waals surface area contributed by atoms with Crippen LogP contribution in [0.15, 0.2) is 12.0 Å². The molecular weight excluding hydrogens is 172 g/mol. The van der Waals surface area contributed by atoms with Crippen molar-refractivity contribution in [2.24, 2.45) is 0 Å². The quantitative estimate of drug-likeness (QED) is 0.558. The first-order chi connectivity index (χ1) is 4.97. The molecular formula is C5H6O5S. The number of ether oxygens (including phenoxy) is 2. The molecule has 1 saturated heterocycles. The summed E-state index contributed by atoms with van der Waals surface area (Å²) in [5.41, 5.74) is 0. The van der Waals surface area contributed by atoms with E-state index in [0.717, 1.165) is 6.26 Å². The van der Waals surface area contributed by atoms with Crippen molar-refractivity contribution in [1.29, 1.82) is 0 Å². The van der Waals surface area contributed by atoms with E-state index in [0.29, 0.717) is 0 Å². The maximum Gasteiger partial charge on any atom is 0.524 e. The number of cyclic esters (lactones) is 2. The Morgan fingerprint density at radius 3 is 2.36 bits per heavy atom. The van der Waals surface area contributed by atoms with Crippen molar-refractivity contribution in [3.63, 3.8) is 0 Å². The molecule has 1 aliphatic rings. The standard InChI is InChI=1S/C5H6O5S/c1-11(7,8)3-2-4-9-5(6)10-4/h2H,3H2,1H3. The molecule has 1 fully saturated rings. The number of sulfone groups is 1. The molecule has 0 aromatic rings. The van der Waals surface area contributed by atoms with Gasteiger partial charge in [-0.3, -0.25) is 0 Å². The molecule has 0 atom stereocenters. The highest BCUT2D eigenvalue weighted by Crippen LogP contribution is 2.13. The molecule has 5 nitrogen and oxygen atoms in total. The van der Waals surface area contributed by atoms with Crippen LogP contribution < -0.4 is 0 Å². The van der Waals surface area contributed by atoms with Gasteiger partial charge in [-0.25, -0.2) is 13.2 Å². The van der Waals surface area contributed by atoms with Gasteiger partial charge in [-0.05, 0) is 0 Å². The minimum atomic E-state index is -3.06. The van der Waals surface area contributed by atoms with E-state index >= 15 is 0 Å². The Kier molecular flexibility index (Phi) is 1.86. The van der Waals surface area contributed by atoms with E-state index in [4.69, 9.17) is 0 Å². The van der Waals surface area contributed by atoms with Crippen LogP contribution in [0.5, 0.6) is 0 Å². The third-order valence-corrected chi connectivity index (χ3v) is 1.69. The minimum Gasteiger partial charge on any atom is -0.360 e. The molecule has 11 heavy (non-hydrogen) atoms. The molecule has 0 saturated carbocycles. The second kappa shape index (κ2) is 2.54. The van der Waals surface area contributed by atoms with E-state index in [2.05, 4.69) is 9.47 Å². The average molecular weight is 178 g/mol. The van der Waals surface area contributed by atoms with E-state index in [-0.39, 0.29) is 11.7 Å². The Hall–Kier alpha value is -1.04. The predicted octanol–water partition coefficient (Wildman–Crippen LogP) is 0.0392. The molecule has 0 unspecified atom stereocenters. The van der Waals surface area contributed by atoms with Crippen molar-refractivity contribution in [2.45, 2.75) is 0 Å². The summed E-state index contributed by atoms with van der Waals surface area (Å²) in [5, 5.41) is 0. The highest BCUT2D eigenvalue weighted by atomic mass is 32.2. The first kappa shape index (κ1) is 8.06. The number of carbonyl (C=O) groups is 1. The Balaban J connectivity index is 2.44. The summed E-state index contributed by atoms with van der Waals surface area (Å²) in [7, 11) is -3.06. The van der Waals surface area contributed by atoms with Gasteiger partial charge in [0.15, 0.2) is 9.84 Å². The number of carbonyl (C=O) groups excluding carboxylic acids is 1. The van der Waals surface area contributed by atoms with Crippen LogP contribution in [0.25, 0.3) is 0 Å². The van der Waals surface area contributed by atoms with Gasteiger partial charge in [0.05, 0.1) is 5.75 Å². The second-order valence-electron chi connectivity index (χ2n) is 2.07. The molecule has 0 spiro atoms. The summed E-state index contributed by atoms with van der Waals surface area (Å²) >= 11 is 0. The zero-order chi connectivity index (χ0) is 8.48. The molecule has 1 heterocycles. The van der Waals surface area contributed by atoms with Crippen molar-refractivity contribution < 1.29 is 22.7 Å².